The Morgan fingerprint density at radius 1 is 1.15 bits per heavy atom. The number of methoxy groups -OCH3 is 1. The van der Waals surface area contributed by atoms with Crippen molar-refractivity contribution in [2.75, 3.05) is 7.11 Å². The Bertz CT molecular complexity index is 763. The number of hydrogen-bond acceptors (Lipinski definition) is 4. The molecule has 0 aromatic heterocycles. The number of phenols is 1. The first kappa shape index (κ1) is 17.2. The summed E-state index contributed by atoms with van der Waals surface area (Å²) in [6, 6.07) is 5.44. The normalized spacial score (nSPS) is 33.0. The molecular formula is C22H26O4. The van der Waals surface area contributed by atoms with Crippen molar-refractivity contribution in [1.82, 2.24) is 0 Å². The first-order chi connectivity index (χ1) is 12.6. The third-order valence-corrected chi connectivity index (χ3v) is 6.57. The molecule has 0 aliphatic heterocycles. The quantitative estimate of drug-likeness (QED) is 0.764. The van der Waals surface area contributed by atoms with Crippen molar-refractivity contribution in [2.24, 2.45) is 17.8 Å². The van der Waals surface area contributed by atoms with E-state index in [1.54, 1.807) is 12.1 Å². The van der Waals surface area contributed by atoms with E-state index in [0.29, 0.717) is 17.6 Å². The Kier molecular flexibility index (Phi) is 4.51. The number of aromatic hydroxyl groups is 1. The van der Waals surface area contributed by atoms with Crippen molar-refractivity contribution >= 4 is 5.97 Å². The number of allylic oxidation sites excluding steroid dienone is 3. The number of phenolic OH excluding ortho intramolecular Hbond substituents is 1. The molecule has 1 aromatic carbocycles. The lowest BCUT2D eigenvalue weighted by atomic mass is 9.55. The first-order valence-electron chi connectivity index (χ1n) is 9.58. The number of rotatable bonds is 2. The molecule has 3 aliphatic carbocycles. The molecule has 4 rings (SSSR count). The van der Waals surface area contributed by atoms with Gasteiger partial charge in [-0.1, -0.05) is 25.0 Å². The number of benzene rings is 1. The molecule has 5 atom stereocenters. The lowest BCUT2D eigenvalue weighted by Crippen LogP contribution is -2.42. The third kappa shape index (κ3) is 2.81. The van der Waals surface area contributed by atoms with Gasteiger partial charge in [0.25, 0.3) is 0 Å². The molecule has 0 saturated heterocycles. The summed E-state index contributed by atoms with van der Waals surface area (Å²) in [6.45, 7) is 0. The monoisotopic (exact) mass is 354 g/mol. The van der Waals surface area contributed by atoms with Gasteiger partial charge in [0.15, 0.2) is 0 Å². The maximum atomic E-state index is 12.8. The average molecular weight is 354 g/mol. The van der Waals surface area contributed by atoms with Crippen LogP contribution in [0.3, 0.4) is 0 Å². The van der Waals surface area contributed by atoms with Crippen molar-refractivity contribution in [3.05, 3.63) is 53.3 Å². The molecule has 26 heavy (non-hydrogen) atoms. The van der Waals surface area contributed by atoms with Gasteiger partial charge in [0.1, 0.15) is 11.5 Å². The van der Waals surface area contributed by atoms with Crippen LogP contribution in [-0.4, -0.2) is 23.3 Å². The fraction of sp³-hybridized carbons (Fsp3) is 0.500. The van der Waals surface area contributed by atoms with Crippen LogP contribution in [0, 0.1) is 17.8 Å². The second-order valence-corrected chi connectivity index (χ2v) is 7.83. The first-order valence-corrected chi connectivity index (χ1v) is 9.58. The van der Waals surface area contributed by atoms with Gasteiger partial charge in [0, 0.05) is 0 Å². The van der Waals surface area contributed by atoms with Crippen LogP contribution in [0.1, 0.15) is 55.1 Å². The van der Waals surface area contributed by atoms with Crippen molar-refractivity contribution in [1.29, 1.82) is 0 Å². The number of carbonyl (C=O) groups is 1. The minimum Gasteiger partial charge on any atom is -0.508 e. The SMILES string of the molecule is COC(=O)[C@H]1c2ccc(O)cc2[C@@H]2CCCC[C@@H]2[C@@H]1C1C=CC(O)=CC1. The topological polar surface area (TPSA) is 66.8 Å². The summed E-state index contributed by atoms with van der Waals surface area (Å²) < 4.78 is 5.21. The van der Waals surface area contributed by atoms with E-state index in [2.05, 4.69) is 6.08 Å². The highest BCUT2D eigenvalue weighted by Crippen LogP contribution is 2.56. The molecule has 0 heterocycles. The van der Waals surface area contributed by atoms with E-state index in [1.807, 2.05) is 18.2 Å². The molecule has 0 bridgehead atoms. The van der Waals surface area contributed by atoms with E-state index in [1.165, 1.54) is 20.0 Å². The van der Waals surface area contributed by atoms with Gasteiger partial charge in [0.2, 0.25) is 0 Å². The van der Waals surface area contributed by atoms with Crippen LogP contribution in [0.5, 0.6) is 5.75 Å². The maximum absolute atomic E-state index is 12.8. The molecule has 0 radical (unpaired) electrons. The highest BCUT2D eigenvalue weighted by atomic mass is 16.5. The number of ether oxygens (including phenoxy) is 1. The van der Waals surface area contributed by atoms with Crippen LogP contribution in [0.25, 0.3) is 0 Å². The molecule has 1 aromatic rings. The average Bonchev–Trinajstić information content (AvgIpc) is 2.67. The molecular weight excluding hydrogens is 328 g/mol. The summed E-state index contributed by atoms with van der Waals surface area (Å²) in [5.41, 5.74) is 2.13. The summed E-state index contributed by atoms with van der Waals surface area (Å²) in [5, 5.41) is 19.8. The van der Waals surface area contributed by atoms with Crippen LogP contribution in [-0.2, 0) is 9.53 Å². The summed E-state index contributed by atoms with van der Waals surface area (Å²) in [4.78, 5) is 12.8. The summed E-state index contributed by atoms with van der Waals surface area (Å²) in [7, 11) is 1.45. The van der Waals surface area contributed by atoms with Crippen LogP contribution >= 0.6 is 0 Å². The minimum atomic E-state index is -0.321. The predicted molar refractivity (Wildman–Crippen MR) is 99.0 cm³/mol. The summed E-state index contributed by atoms with van der Waals surface area (Å²) >= 11 is 0. The number of carbonyl (C=O) groups excluding carboxylic acids is 1. The molecule has 2 N–H and O–H groups in total. The van der Waals surface area contributed by atoms with Gasteiger partial charge in [-0.2, -0.15) is 0 Å². The zero-order valence-electron chi connectivity index (χ0n) is 15.1. The predicted octanol–water partition coefficient (Wildman–Crippen LogP) is 4.57. The minimum absolute atomic E-state index is 0.158. The van der Waals surface area contributed by atoms with Gasteiger partial charge in [-0.3, -0.25) is 4.79 Å². The van der Waals surface area contributed by atoms with Crippen LogP contribution in [0.4, 0.5) is 0 Å². The van der Waals surface area contributed by atoms with E-state index in [9.17, 15) is 15.0 Å². The van der Waals surface area contributed by atoms with Crippen molar-refractivity contribution in [3.63, 3.8) is 0 Å². The molecule has 3 aliphatic rings. The molecule has 1 fully saturated rings. The standard InChI is InChI=1S/C22H26O4/c1-26-22(25)21-18-11-10-15(24)12-19(18)16-4-2-3-5-17(16)20(21)13-6-8-14(23)9-7-13/h6,8-13,16-17,20-21,23-24H,2-5,7H2,1H3/t13?,16-,17+,20+,21+/m1/s1. The molecule has 138 valence electrons. The Morgan fingerprint density at radius 3 is 2.69 bits per heavy atom. The molecule has 4 heteroatoms. The van der Waals surface area contributed by atoms with Gasteiger partial charge in [-0.25, -0.2) is 0 Å². The van der Waals surface area contributed by atoms with Gasteiger partial charge in [0.05, 0.1) is 13.0 Å². The zero-order valence-corrected chi connectivity index (χ0v) is 15.1. The second kappa shape index (κ2) is 6.82. The molecule has 1 unspecified atom stereocenters. The third-order valence-electron chi connectivity index (χ3n) is 6.57. The number of esters is 1. The molecule has 0 spiro atoms. The highest BCUT2D eigenvalue weighted by molar-refractivity contribution is 5.80. The van der Waals surface area contributed by atoms with E-state index in [0.717, 1.165) is 30.4 Å². The summed E-state index contributed by atoms with van der Waals surface area (Å²) in [5.74, 6) is 1.19. The lowest BCUT2D eigenvalue weighted by molar-refractivity contribution is -0.145. The van der Waals surface area contributed by atoms with Crippen LogP contribution in [0.15, 0.2) is 42.2 Å². The van der Waals surface area contributed by atoms with Gasteiger partial charge >= 0.3 is 5.97 Å². The van der Waals surface area contributed by atoms with Crippen LogP contribution < -0.4 is 0 Å². The molecule has 4 nitrogen and oxygen atoms in total. The fourth-order valence-corrected chi connectivity index (χ4v) is 5.51. The molecule has 1 saturated carbocycles. The maximum Gasteiger partial charge on any atom is 0.313 e. The number of aliphatic hydroxyl groups is 1. The van der Waals surface area contributed by atoms with E-state index < -0.39 is 0 Å². The van der Waals surface area contributed by atoms with Crippen LogP contribution in [0.2, 0.25) is 0 Å². The van der Waals surface area contributed by atoms with Crippen molar-refractivity contribution in [3.8, 4) is 5.75 Å². The number of aliphatic hydroxyl groups excluding tert-OH is 1. The van der Waals surface area contributed by atoms with Crippen molar-refractivity contribution in [2.45, 2.75) is 43.9 Å². The smallest absolute Gasteiger partial charge is 0.313 e. The van der Waals surface area contributed by atoms with Gasteiger partial charge < -0.3 is 14.9 Å². The Morgan fingerprint density at radius 2 is 1.96 bits per heavy atom. The largest absolute Gasteiger partial charge is 0.508 e. The highest BCUT2D eigenvalue weighted by Gasteiger charge is 2.49. The van der Waals surface area contributed by atoms with E-state index in [-0.39, 0.29) is 29.5 Å². The Hall–Kier alpha value is -2.23. The zero-order chi connectivity index (χ0) is 18.3. The van der Waals surface area contributed by atoms with Crippen molar-refractivity contribution < 1.29 is 19.7 Å². The Labute approximate surface area is 154 Å². The van der Waals surface area contributed by atoms with Gasteiger partial charge in [-0.15, -0.1) is 0 Å². The summed E-state index contributed by atoms with van der Waals surface area (Å²) in [6.07, 6.45) is 11.0. The lowest BCUT2D eigenvalue weighted by Gasteiger charge is -2.48. The Balaban J connectivity index is 1.83. The second-order valence-electron chi connectivity index (χ2n) is 7.83. The van der Waals surface area contributed by atoms with Gasteiger partial charge in [-0.05, 0) is 78.3 Å². The van der Waals surface area contributed by atoms with E-state index >= 15 is 0 Å². The van der Waals surface area contributed by atoms with E-state index in [4.69, 9.17) is 4.74 Å². The number of fused-ring (bicyclic) bond motifs is 3. The molecule has 0 amide bonds. The number of hydrogen-bond donors (Lipinski definition) is 2. The fourth-order valence-electron chi connectivity index (χ4n) is 5.51.